The fraction of sp³-hybridized carbons (Fsp3) is 0.176. The molecule has 0 amide bonds. The van der Waals surface area contributed by atoms with E-state index in [-0.39, 0.29) is 0 Å². The molecule has 0 aliphatic heterocycles. The number of aromatic nitrogens is 1. The molecule has 1 aromatic carbocycles. The van der Waals surface area contributed by atoms with Crippen molar-refractivity contribution in [2.75, 3.05) is 6.61 Å². The van der Waals surface area contributed by atoms with E-state index in [4.69, 9.17) is 4.74 Å². The van der Waals surface area contributed by atoms with Gasteiger partial charge in [0.2, 0.25) is 0 Å². The van der Waals surface area contributed by atoms with Crippen LogP contribution in [0.1, 0.15) is 24.6 Å². The maximum atomic E-state index is 9.23. The molecule has 0 saturated heterocycles. The fourth-order valence-corrected chi connectivity index (χ4v) is 1.73. The second-order valence-corrected chi connectivity index (χ2v) is 4.30. The van der Waals surface area contributed by atoms with E-state index in [1.807, 2.05) is 48.5 Å². The summed E-state index contributed by atoms with van der Waals surface area (Å²) in [5, 5.41) is 9.23. The number of allylic oxidation sites excluding steroid dienone is 1. The predicted molar refractivity (Wildman–Crippen MR) is 79.9 cm³/mol. The molecule has 0 spiro atoms. The number of nitriles is 1. The van der Waals surface area contributed by atoms with E-state index in [1.165, 1.54) is 0 Å². The van der Waals surface area contributed by atoms with E-state index in [1.54, 1.807) is 6.20 Å². The van der Waals surface area contributed by atoms with Crippen molar-refractivity contribution in [2.45, 2.75) is 13.3 Å². The number of ether oxygens (including phenoxy) is 1. The normalized spacial score (nSPS) is 10.9. The summed E-state index contributed by atoms with van der Waals surface area (Å²) in [5.41, 5.74) is 2.19. The van der Waals surface area contributed by atoms with Crippen molar-refractivity contribution in [1.82, 2.24) is 4.98 Å². The number of benzene rings is 1. The molecule has 0 aliphatic rings. The van der Waals surface area contributed by atoms with Gasteiger partial charge in [-0.3, -0.25) is 4.98 Å². The highest BCUT2D eigenvalue weighted by molar-refractivity contribution is 5.88. The first-order valence-corrected chi connectivity index (χ1v) is 6.59. The van der Waals surface area contributed by atoms with E-state index in [0.717, 1.165) is 17.7 Å². The summed E-state index contributed by atoms with van der Waals surface area (Å²) >= 11 is 0. The van der Waals surface area contributed by atoms with Crippen LogP contribution in [0.3, 0.4) is 0 Å². The molecule has 0 radical (unpaired) electrons. The van der Waals surface area contributed by atoms with Crippen LogP contribution < -0.4 is 4.74 Å². The number of hydrogen-bond donors (Lipinski definition) is 0. The summed E-state index contributed by atoms with van der Waals surface area (Å²) in [5.74, 6) is 0.848. The lowest BCUT2D eigenvalue weighted by molar-refractivity contribution is 0.317. The lowest BCUT2D eigenvalue weighted by Gasteiger charge is -2.04. The van der Waals surface area contributed by atoms with Crippen molar-refractivity contribution in [3.05, 3.63) is 59.9 Å². The molecule has 20 heavy (non-hydrogen) atoms. The lowest BCUT2D eigenvalue weighted by atomic mass is 10.1. The fourth-order valence-electron chi connectivity index (χ4n) is 1.73. The van der Waals surface area contributed by atoms with Crippen LogP contribution in [-0.2, 0) is 0 Å². The van der Waals surface area contributed by atoms with Crippen molar-refractivity contribution in [2.24, 2.45) is 0 Å². The molecule has 0 N–H and O–H groups in total. The van der Waals surface area contributed by atoms with Gasteiger partial charge >= 0.3 is 0 Å². The first-order chi connectivity index (χ1) is 9.83. The van der Waals surface area contributed by atoms with Gasteiger partial charge in [-0.25, -0.2) is 0 Å². The topological polar surface area (TPSA) is 45.9 Å². The van der Waals surface area contributed by atoms with E-state index in [9.17, 15) is 5.26 Å². The van der Waals surface area contributed by atoms with Gasteiger partial charge in [-0.05, 0) is 42.3 Å². The van der Waals surface area contributed by atoms with Crippen LogP contribution in [0, 0.1) is 11.3 Å². The Morgan fingerprint density at radius 1 is 1.25 bits per heavy atom. The average Bonchev–Trinajstić information content (AvgIpc) is 2.52. The molecule has 1 aromatic heterocycles. The van der Waals surface area contributed by atoms with Gasteiger partial charge in [0.25, 0.3) is 0 Å². The van der Waals surface area contributed by atoms with Crippen molar-refractivity contribution in [3.8, 4) is 11.8 Å². The van der Waals surface area contributed by atoms with Gasteiger partial charge in [0.05, 0.1) is 17.9 Å². The summed E-state index contributed by atoms with van der Waals surface area (Å²) < 4.78 is 5.53. The summed E-state index contributed by atoms with van der Waals surface area (Å²) in [6, 6.07) is 15.4. The number of hydrogen-bond acceptors (Lipinski definition) is 3. The van der Waals surface area contributed by atoms with Crippen molar-refractivity contribution >= 4 is 11.6 Å². The van der Waals surface area contributed by atoms with Gasteiger partial charge in [-0.1, -0.05) is 25.1 Å². The number of nitrogens with zero attached hydrogens (tertiary/aromatic N) is 2. The Hall–Kier alpha value is -2.60. The third-order valence-electron chi connectivity index (χ3n) is 2.73. The third kappa shape index (κ3) is 3.69. The van der Waals surface area contributed by atoms with Crippen LogP contribution in [0.5, 0.6) is 5.75 Å². The molecule has 2 rings (SSSR count). The molecule has 0 bridgehead atoms. The van der Waals surface area contributed by atoms with Crippen molar-refractivity contribution in [3.63, 3.8) is 0 Å². The molecule has 0 saturated carbocycles. The van der Waals surface area contributed by atoms with E-state index >= 15 is 0 Å². The summed E-state index contributed by atoms with van der Waals surface area (Å²) in [6.07, 6.45) is 4.49. The van der Waals surface area contributed by atoms with E-state index in [0.29, 0.717) is 17.9 Å². The highest BCUT2D eigenvalue weighted by Crippen LogP contribution is 2.18. The van der Waals surface area contributed by atoms with Crippen LogP contribution in [0.15, 0.2) is 48.7 Å². The van der Waals surface area contributed by atoms with E-state index < -0.39 is 0 Å². The molecular weight excluding hydrogens is 248 g/mol. The molecule has 0 fully saturated rings. The maximum absolute atomic E-state index is 9.23. The van der Waals surface area contributed by atoms with Crippen LogP contribution in [0.25, 0.3) is 11.6 Å². The van der Waals surface area contributed by atoms with Gasteiger partial charge in [-0.2, -0.15) is 5.26 Å². The monoisotopic (exact) mass is 264 g/mol. The molecule has 0 aliphatic carbocycles. The summed E-state index contributed by atoms with van der Waals surface area (Å²) in [6.45, 7) is 2.79. The lowest BCUT2D eigenvalue weighted by Crippen LogP contribution is -1.94. The molecule has 2 aromatic rings. The van der Waals surface area contributed by atoms with Crippen LogP contribution in [-0.4, -0.2) is 11.6 Å². The Bertz CT molecular complexity index is 610. The maximum Gasteiger partial charge on any atom is 0.119 e. The zero-order valence-electron chi connectivity index (χ0n) is 11.4. The second kappa shape index (κ2) is 7.10. The summed E-state index contributed by atoms with van der Waals surface area (Å²) in [4.78, 5) is 4.19. The van der Waals surface area contributed by atoms with Gasteiger partial charge in [0.15, 0.2) is 0 Å². The van der Waals surface area contributed by atoms with Crippen molar-refractivity contribution < 1.29 is 4.74 Å². The largest absolute Gasteiger partial charge is 0.494 e. The van der Waals surface area contributed by atoms with Gasteiger partial charge < -0.3 is 4.74 Å². The molecule has 3 nitrogen and oxygen atoms in total. The molecular formula is C17H16N2O. The SMILES string of the molecule is CCCOc1ccc(/C=C(\C#N)c2ccccn2)cc1. The van der Waals surface area contributed by atoms with Crippen LogP contribution >= 0.6 is 0 Å². The Morgan fingerprint density at radius 2 is 2.05 bits per heavy atom. The minimum absolute atomic E-state index is 0.549. The smallest absolute Gasteiger partial charge is 0.119 e. The van der Waals surface area contributed by atoms with Gasteiger partial charge in [0.1, 0.15) is 11.8 Å². The molecule has 3 heteroatoms. The van der Waals surface area contributed by atoms with Crippen LogP contribution in [0.2, 0.25) is 0 Å². The van der Waals surface area contributed by atoms with Gasteiger partial charge in [0, 0.05) is 6.20 Å². The average molecular weight is 264 g/mol. The molecule has 0 unspecified atom stereocenters. The third-order valence-corrected chi connectivity index (χ3v) is 2.73. The summed E-state index contributed by atoms with van der Waals surface area (Å²) in [7, 11) is 0. The molecule has 0 atom stereocenters. The minimum atomic E-state index is 0.549. The zero-order chi connectivity index (χ0) is 14.2. The molecule has 1 heterocycles. The predicted octanol–water partition coefficient (Wildman–Crippen LogP) is 3.93. The minimum Gasteiger partial charge on any atom is -0.494 e. The first kappa shape index (κ1) is 13.8. The first-order valence-electron chi connectivity index (χ1n) is 6.59. The van der Waals surface area contributed by atoms with E-state index in [2.05, 4.69) is 18.0 Å². The number of pyridine rings is 1. The quantitative estimate of drug-likeness (QED) is 0.768. The van der Waals surface area contributed by atoms with Crippen LogP contribution in [0.4, 0.5) is 0 Å². The molecule has 100 valence electrons. The standard InChI is InChI=1S/C17H16N2O/c1-2-11-20-16-8-6-14(7-9-16)12-15(13-18)17-5-3-4-10-19-17/h3-10,12H,2,11H2,1H3/b15-12+. The Morgan fingerprint density at radius 3 is 2.65 bits per heavy atom. The Labute approximate surface area is 119 Å². The van der Waals surface area contributed by atoms with Crippen molar-refractivity contribution in [1.29, 1.82) is 5.26 Å². The second-order valence-electron chi connectivity index (χ2n) is 4.30. The Balaban J connectivity index is 2.19. The highest BCUT2D eigenvalue weighted by atomic mass is 16.5. The number of rotatable bonds is 5. The zero-order valence-corrected chi connectivity index (χ0v) is 11.4. The Kier molecular flexibility index (Phi) is 4.91. The highest BCUT2D eigenvalue weighted by Gasteiger charge is 2.01. The van der Waals surface area contributed by atoms with Gasteiger partial charge in [-0.15, -0.1) is 0 Å².